The Hall–Kier alpha value is 2.97. The van der Waals surface area contributed by atoms with Crippen molar-refractivity contribution in [2.75, 3.05) is 0 Å². The van der Waals surface area contributed by atoms with Crippen LogP contribution in [0.25, 0.3) is 0 Å². The smallest absolute Gasteiger partial charge is 0 e. The van der Waals surface area contributed by atoms with E-state index in [9.17, 15) is 0 Å². The van der Waals surface area contributed by atoms with Gasteiger partial charge in [-0.3, -0.25) is 0 Å². The molecule has 33 valence electrons. The standard InChI is InChI=1S/Al.BH3.Co.Fe.Nd.3H/h;1H3;;;;;;. The fourth-order valence-corrected chi connectivity index (χ4v) is 0. The van der Waals surface area contributed by atoms with Crippen LogP contribution in [-0.4, -0.2) is 25.8 Å². The summed E-state index contributed by atoms with van der Waals surface area (Å²) in [6.07, 6.45) is 0. The second kappa shape index (κ2) is 28.1. The minimum Gasteiger partial charge on any atom is 0 e. The summed E-state index contributed by atoms with van der Waals surface area (Å²) in [5, 5.41) is 0. The summed E-state index contributed by atoms with van der Waals surface area (Å²) in [5.74, 6) is 0. The van der Waals surface area contributed by atoms with Gasteiger partial charge in [0.2, 0.25) is 0 Å². The first kappa shape index (κ1) is 43.8. The molecule has 0 unspecified atom stereocenters. The normalized spacial score (nSPS) is 0. The van der Waals surface area contributed by atoms with Crippen LogP contribution in [0, 0.1) is 40.8 Å². The SMILES string of the molecule is B.[AlH3].[Co].[Fe].[Nd]. The predicted octanol–water partition coefficient (Wildman–Crippen LogP) is -2.37. The van der Waals surface area contributed by atoms with Crippen molar-refractivity contribution in [2.24, 2.45) is 0 Å². The van der Waals surface area contributed by atoms with Crippen molar-refractivity contribution in [2.45, 2.75) is 0 Å². The fourth-order valence-electron chi connectivity index (χ4n) is 0. The van der Waals surface area contributed by atoms with Crippen LogP contribution in [0.3, 0.4) is 0 Å². The quantitative estimate of drug-likeness (QED) is 0.439. The molecule has 0 bridgehead atoms. The average molecular weight is 303 g/mol. The van der Waals surface area contributed by atoms with Crippen LogP contribution in [0.4, 0.5) is 0 Å². The van der Waals surface area contributed by atoms with Crippen molar-refractivity contribution in [1.82, 2.24) is 0 Å². The van der Waals surface area contributed by atoms with E-state index in [1.54, 1.807) is 0 Å². The van der Waals surface area contributed by atoms with Gasteiger partial charge in [-0.25, -0.2) is 0 Å². The Labute approximate surface area is 98.5 Å². The van der Waals surface area contributed by atoms with Crippen molar-refractivity contribution >= 4 is 25.8 Å². The zero-order valence-electron chi connectivity index (χ0n) is 1.19. The molecule has 0 aliphatic carbocycles. The zero-order valence-corrected chi connectivity index (χ0v) is 6.54. The van der Waals surface area contributed by atoms with Crippen LogP contribution in [0.5, 0.6) is 0 Å². The maximum absolute atomic E-state index is 0. The second-order valence-electron chi connectivity index (χ2n) is 0. The van der Waals surface area contributed by atoms with Gasteiger partial charge in [0.05, 0.1) is 8.41 Å². The van der Waals surface area contributed by atoms with Crippen LogP contribution >= 0.6 is 0 Å². The van der Waals surface area contributed by atoms with Crippen molar-refractivity contribution < 1.29 is 74.7 Å². The van der Waals surface area contributed by atoms with Crippen LogP contribution in [-0.2, 0) is 33.8 Å². The topological polar surface area (TPSA) is 0 Å². The predicted molar refractivity (Wildman–Crippen MR) is 19.9 cm³/mol. The van der Waals surface area contributed by atoms with Gasteiger partial charge < -0.3 is 0 Å². The number of hydrogen-bond donors (Lipinski definition) is 0. The molecule has 0 aromatic carbocycles. The molecule has 0 aliphatic rings. The summed E-state index contributed by atoms with van der Waals surface area (Å²) in [4.78, 5) is 0. The van der Waals surface area contributed by atoms with Crippen LogP contribution in [0.1, 0.15) is 0 Å². The molecule has 0 rings (SSSR count). The van der Waals surface area contributed by atoms with Gasteiger partial charge in [0.1, 0.15) is 0 Å². The van der Waals surface area contributed by atoms with E-state index in [1.807, 2.05) is 0 Å². The molecule has 0 aromatic rings. The molecule has 0 atom stereocenters. The molecule has 0 spiro atoms. The van der Waals surface area contributed by atoms with E-state index in [0.29, 0.717) is 0 Å². The van der Waals surface area contributed by atoms with E-state index < -0.39 is 0 Å². The van der Waals surface area contributed by atoms with E-state index in [0.717, 1.165) is 0 Å². The van der Waals surface area contributed by atoms with Gasteiger partial charge in [-0.2, -0.15) is 0 Å². The van der Waals surface area contributed by atoms with E-state index in [4.69, 9.17) is 0 Å². The first-order valence-corrected chi connectivity index (χ1v) is 0. The van der Waals surface area contributed by atoms with E-state index >= 15 is 0 Å². The molecule has 0 heterocycles. The zero-order chi connectivity index (χ0) is 0. The molecule has 0 fully saturated rings. The molecular weight excluding hydrogens is 297 g/mol. The van der Waals surface area contributed by atoms with Crippen molar-refractivity contribution in [3.63, 3.8) is 0 Å². The molecule has 1 radical (unpaired) electrons. The average Bonchev–Trinajstić information content (AvgIpc) is 0. The van der Waals surface area contributed by atoms with Crippen LogP contribution < -0.4 is 0 Å². The molecule has 0 nitrogen and oxygen atoms in total. The Morgan fingerprint density at radius 3 is 1.00 bits per heavy atom. The summed E-state index contributed by atoms with van der Waals surface area (Å²) in [6, 6.07) is 0. The Bertz CT molecular complexity index is 11.6. The molecule has 0 saturated carbocycles. The Kier molecular flexibility index (Phi) is 247. The molecule has 0 saturated heterocycles. The molecule has 0 amide bonds. The molecule has 0 aromatic heterocycles. The summed E-state index contributed by atoms with van der Waals surface area (Å²) in [7, 11) is 0. The van der Waals surface area contributed by atoms with Gasteiger partial charge in [0, 0.05) is 74.7 Å². The Balaban J connectivity index is 0. The molecule has 0 N–H and O–H groups in total. The summed E-state index contributed by atoms with van der Waals surface area (Å²) in [6.45, 7) is 0. The summed E-state index contributed by atoms with van der Waals surface area (Å²) in [5.41, 5.74) is 0. The van der Waals surface area contributed by atoms with Crippen molar-refractivity contribution in [3.8, 4) is 0 Å². The fraction of sp³-hybridized carbons (Fsp3) is 0. The van der Waals surface area contributed by atoms with Gasteiger partial charge in [0.15, 0.2) is 17.4 Å². The largest absolute Gasteiger partial charge is 0.187 e. The monoisotopic (exact) mass is 301 g/mol. The number of rotatable bonds is 0. The van der Waals surface area contributed by atoms with Gasteiger partial charge in [-0.05, 0) is 0 Å². The summed E-state index contributed by atoms with van der Waals surface area (Å²) < 4.78 is 0. The third kappa shape index (κ3) is 19.5. The van der Waals surface area contributed by atoms with E-state index in [1.165, 1.54) is 0 Å². The van der Waals surface area contributed by atoms with Crippen molar-refractivity contribution in [1.29, 1.82) is 0 Å². The van der Waals surface area contributed by atoms with Crippen LogP contribution in [0.2, 0.25) is 0 Å². The first-order valence-electron chi connectivity index (χ1n) is 0. The van der Waals surface area contributed by atoms with E-state index in [-0.39, 0.29) is 100 Å². The third-order valence-corrected chi connectivity index (χ3v) is 0. The Morgan fingerprint density at radius 1 is 1.00 bits per heavy atom. The minimum absolute atomic E-state index is 0. The first-order chi connectivity index (χ1) is 0. The maximum atomic E-state index is 0. The minimum atomic E-state index is 0. The van der Waals surface area contributed by atoms with Gasteiger partial charge in [0.25, 0.3) is 0 Å². The Morgan fingerprint density at radius 2 is 1.00 bits per heavy atom. The summed E-state index contributed by atoms with van der Waals surface area (Å²) >= 11 is 0. The molecule has 0 aliphatic heterocycles. The van der Waals surface area contributed by atoms with Crippen LogP contribution in [0.15, 0.2) is 0 Å². The second-order valence-corrected chi connectivity index (χ2v) is 0. The maximum Gasteiger partial charge on any atom is 0.187 e. The molecule has 5 heteroatoms. The number of hydrogen-bond acceptors (Lipinski definition) is 0. The van der Waals surface area contributed by atoms with Gasteiger partial charge in [-0.15, -0.1) is 0 Å². The van der Waals surface area contributed by atoms with E-state index in [2.05, 4.69) is 0 Å². The molecule has 5 heavy (non-hydrogen) atoms. The van der Waals surface area contributed by atoms with Gasteiger partial charge in [-0.1, -0.05) is 0 Å². The van der Waals surface area contributed by atoms with Crippen molar-refractivity contribution in [3.05, 3.63) is 0 Å². The third-order valence-electron chi connectivity index (χ3n) is 0. The van der Waals surface area contributed by atoms with Gasteiger partial charge >= 0.3 is 0 Å². The molecular formula is H6AlBCoFeNd.